The molecule has 0 aromatic carbocycles. The lowest BCUT2D eigenvalue weighted by Crippen LogP contribution is -2.48. The molecule has 0 radical (unpaired) electrons. The van der Waals surface area contributed by atoms with Gasteiger partial charge in [-0.15, -0.1) is 0 Å². The van der Waals surface area contributed by atoms with E-state index in [0.717, 1.165) is 25.9 Å². The summed E-state index contributed by atoms with van der Waals surface area (Å²) in [6.45, 7) is 7.83. The van der Waals surface area contributed by atoms with E-state index in [2.05, 4.69) is 35.5 Å². The molecule has 0 saturated carbocycles. The molecule has 0 unspecified atom stereocenters. The molecule has 1 fully saturated rings. The molecule has 3 rings (SSSR count). The Morgan fingerprint density at radius 1 is 1.19 bits per heavy atom. The Bertz CT molecular complexity index is 981. The Morgan fingerprint density at radius 2 is 1.94 bits per heavy atom. The quantitative estimate of drug-likeness (QED) is 0.520. The Hall–Kier alpha value is -3.08. The van der Waals surface area contributed by atoms with Gasteiger partial charge in [0, 0.05) is 12.4 Å². The summed E-state index contributed by atoms with van der Waals surface area (Å²) in [5.74, 6) is -0.262. The number of aryl methyl sites for hydroxylation is 1. The minimum absolute atomic E-state index is 0.00127. The van der Waals surface area contributed by atoms with Crippen LogP contribution in [0.1, 0.15) is 57.0 Å². The van der Waals surface area contributed by atoms with Crippen LogP contribution in [-0.4, -0.2) is 62.1 Å². The fourth-order valence-corrected chi connectivity index (χ4v) is 3.83. The minimum atomic E-state index is -0.755. The molecule has 1 aliphatic heterocycles. The molecule has 3 heterocycles. The second-order valence-corrected chi connectivity index (χ2v) is 7.98. The highest BCUT2D eigenvalue weighted by atomic mass is 16.6. The monoisotopic (exact) mass is 445 g/mol. The third kappa shape index (κ3) is 5.58. The van der Waals surface area contributed by atoms with E-state index in [1.165, 1.54) is 17.0 Å². The average molecular weight is 446 g/mol. The summed E-state index contributed by atoms with van der Waals surface area (Å²) in [6.07, 6.45) is 6.03. The van der Waals surface area contributed by atoms with Crippen LogP contribution in [-0.2, 0) is 16.1 Å². The smallest absolute Gasteiger partial charge is 0.294 e. The second-order valence-electron chi connectivity index (χ2n) is 7.98. The molecule has 174 valence electrons. The summed E-state index contributed by atoms with van der Waals surface area (Å²) >= 11 is 0. The maximum atomic E-state index is 13.0. The van der Waals surface area contributed by atoms with Gasteiger partial charge in [0.05, 0.1) is 19.1 Å². The first-order valence-corrected chi connectivity index (χ1v) is 11.1. The summed E-state index contributed by atoms with van der Waals surface area (Å²) in [6, 6.07) is -1.33. The van der Waals surface area contributed by atoms with E-state index in [0.29, 0.717) is 30.8 Å². The van der Waals surface area contributed by atoms with Crippen molar-refractivity contribution in [3.63, 3.8) is 0 Å². The molecule has 1 saturated heterocycles. The van der Waals surface area contributed by atoms with Crippen molar-refractivity contribution in [3.8, 4) is 0 Å². The van der Waals surface area contributed by atoms with Gasteiger partial charge in [0.15, 0.2) is 11.6 Å². The van der Waals surface area contributed by atoms with Crippen molar-refractivity contribution in [1.82, 2.24) is 30.1 Å². The van der Waals surface area contributed by atoms with Crippen molar-refractivity contribution < 1.29 is 14.2 Å². The highest BCUT2D eigenvalue weighted by Gasteiger charge is 2.27. The van der Waals surface area contributed by atoms with Gasteiger partial charge in [-0.25, -0.2) is 9.61 Å². The summed E-state index contributed by atoms with van der Waals surface area (Å²) in [5.41, 5.74) is 0.748. The maximum Gasteiger partial charge on any atom is 0.294 e. The number of nitrogens with zero attached hydrogens (tertiary/aromatic N) is 5. The standard InChI is InChI=1S/C21H31N7O4/c1-4-15(18(29)13-27-9-6-7-10-27)24-20(30)17(5-2)28-11-8-22-19(21(28)31)23-12-16-14(3)25-32-26-16/h8,11,15,17H,4-7,9-10,12-13H2,1-3H3,(H,22,23)(H,24,30)/t15-,17-/m0/s1. The number of Topliss-reactive ketones (excluding diaryl/α,β-unsaturated/α-hetero) is 1. The van der Waals surface area contributed by atoms with Gasteiger partial charge in [-0.3, -0.25) is 23.9 Å². The third-order valence-corrected chi connectivity index (χ3v) is 5.75. The number of amides is 1. The molecule has 2 aromatic heterocycles. The molecular formula is C21H31N7O4. The number of anilines is 1. The average Bonchev–Trinajstić information content (AvgIpc) is 3.44. The molecule has 2 N–H and O–H groups in total. The van der Waals surface area contributed by atoms with Crippen LogP contribution in [0.3, 0.4) is 0 Å². The van der Waals surface area contributed by atoms with Crippen LogP contribution in [0.2, 0.25) is 0 Å². The van der Waals surface area contributed by atoms with E-state index in [9.17, 15) is 14.4 Å². The van der Waals surface area contributed by atoms with Crippen LogP contribution in [0.5, 0.6) is 0 Å². The first-order valence-electron chi connectivity index (χ1n) is 11.1. The molecule has 1 amide bonds. The van der Waals surface area contributed by atoms with Crippen molar-refractivity contribution in [1.29, 1.82) is 0 Å². The highest BCUT2D eigenvalue weighted by Crippen LogP contribution is 2.13. The van der Waals surface area contributed by atoms with Crippen LogP contribution in [0.25, 0.3) is 0 Å². The number of hydrogen-bond donors (Lipinski definition) is 2. The van der Waals surface area contributed by atoms with E-state index in [-0.39, 0.29) is 24.1 Å². The fourth-order valence-electron chi connectivity index (χ4n) is 3.83. The van der Waals surface area contributed by atoms with Crippen LogP contribution >= 0.6 is 0 Å². The number of ketones is 1. The van der Waals surface area contributed by atoms with E-state index in [4.69, 9.17) is 0 Å². The van der Waals surface area contributed by atoms with Crippen molar-refractivity contribution >= 4 is 17.5 Å². The lowest BCUT2D eigenvalue weighted by Gasteiger charge is -2.23. The molecule has 11 nitrogen and oxygen atoms in total. The Labute approximate surface area is 186 Å². The third-order valence-electron chi connectivity index (χ3n) is 5.75. The van der Waals surface area contributed by atoms with Gasteiger partial charge < -0.3 is 10.6 Å². The zero-order valence-electron chi connectivity index (χ0n) is 18.8. The number of carbonyl (C=O) groups is 2. The molecular weight excluding hydrogens is 414 g/mol. The van der Waals surface area contributed by atoms with Crippen LogP contribution < -0.4 is 16.2 Å². The van der Waals surface area contributed by atoms with E-state index in [1.54, 1.807) is 6.92 Å². The maximum absolute atomic E-state index is 13.0. The Kier molecular flexibility index (Phi) is 8.09. The lowest BCUT2D eigenvalue weighted by atomic mass is 10.1. The normalized spacial score (nSPS) is 16.0. The topological polar surface area (TPSA) is 135 Å². The largest absolute Gasteiger partial charge is 0.360 e. The summed E-state index contributed by atoms with van der Waals surface area (Å²) in [4.78, 5) is 44.9. The zero-order chi connectivity index (χ0) is 23.1. The predicted octanol–water partition coefficient (Wildman–Crippen LogP) is 1.06. The number of rotatable bonds is 11. The first-order chi connectivity index (χ1) is 15.4. The molecule has 0 bridgehead atoms. The van der Waals surface area contributed by atoms with Crippen molar-refractivity contribution in [2.75, 3.05) is 25.0 Å². The van der Waals surface area contributed by atoms with Gasteiger partial charge in [0.2, 0.25) is 5.91 Å². The molecule has 11 heteroatoms. The second kappa shape index (κ2) is 11.0. The molecule has 0 spiro atoms. The predicted molar refractivity (Wildman–Crippen MR) is 117 cm³/mol. The van der Waals surface area contributed by atoms with E-state index < -0.39 is 17.6 Å². The van der Waals surface area contributed by atoms with Crippen molar-refractivity contribution in [2.45, 2.75) is 65.1 Å². The van der Waals surface area contributed by atoms with Gasteiger partial charge in [0.25, 0.3) is 5.56 Å². The SMILES string of the molecule is CC[C@H](NC(=O)[C@H](CC)n1ccnc(NCc2nonc2C)c1=O)C(=O)CN1CCCC1. The number of likely N-dealkylation sites (tertiary alicyclic amines) is 1. The summed E-state index contributed by atoms with van der Waals surface area (Å²) < 4.78 is 6.00. The molecule has 2 atom stereocenters. The number of aromatic nitrogens is 4. The van der Waals surface area contributed by atoms with Gasteiger partial charge in [-0.05, 0) is 45.7 Å². The molecule has 1 aliphatic rings. The number of carbonyl (C=O) groups excluding carboxylic acids is 2. The molecule has 32 heavy (non-hydrogen) atoms. The summed E-state index contributed by atoms with van der Waals surface area (Å²) in [7, 11) is 0. The van der Waals surface area contributed by atoms with E-state index >= 15 is 0 Å². The van der Waals surface area contributed by atoms with E-state index in [1.807, 2.05) is 13.8 Å². The van der Waals surface area contributed by atoms with Crippen LogP contribution in [0, 0.1) is 6.92 Å². The number of hydrogen-bond acceptors (Lipinski definition) is 9. The van der Waals surface area contributed by atoms with Gasteiger partial charge in [-0.2, -0.15) is 0 Å². The summed E-state index contributed by atoms with van der Waals surface area (Å²) in [5, 5.41) is 13.3. The fraction of sp³-hybridized carbons (Fsp3) is 0.619. The van der Waals surface area contributed by atoms with Crippen molar-refractivity contribution in [3.05, 3.63) is 34.1 Å². The first kappa shape index (κ1) is 23.6. The van der Waals surface area contributed by atoms with Gasteiger partial charge in [-0.1, -0.05) is 24.2 Å². The van der Waals surface area contributed by atoms with Crippen LogP contribution in [0.15, 0.2) is 21.8 Å². The molecule has 0 aliphatic carbocycles. The zero-order valence-corrected chi connectivity index (χ0v) is 18.8. The van der Waals surface area contributed by atoms with Gasteiger partial charge >= 0.3 is 0 Å². The lowest BCUT2D eigenvalue weighted by molar-refractivity contribution is -0.130. The van der Waals surface area contributed by atoms with Gasteiger partial charge in [0.1, 0.15) is 17.4 Å². The Balaban J connectivity index is 1.69. The Morgan fingerprint density at radius 3 is 2.56 bits per heavy atom. The highest BCUT2D eigenvalue weighted by molar-refractivity contribution is 5.91. The number of nitrogens with one attached hydrogen (secondary N) is 2. The molecule has 2 aromatic rings. The minimum Gasteiger partial charge on any atom is -0.360 e. The van der Waals surface area contributed by atoms with Crippen molar-refractivity contribution in [2.24, 2.45) is 0 Å². The van der Waals surface area contributed by atoms with Crippen LogP contribution in [0.4, 0.5) is 5.82 Å².